The van der Waals surface area contributed by atoms with Crippen LogP contribution in [0.4, 0.5) is 10.2 Å². The number of nitrogen functional groups attached to an aromatic ring is 1. The fourth-order valence-corrected chi connectivity index (χ4v) is 2.42. The minimum atomic E-state index is -0.319. The first kappa shape index (κ1) is 14.8. The Bertz CT molecular complexity index is 890. The molecule has 3 aromatic rings. The first-order chi connectivity index (χ1) is 11.1. The number of halogens is 1. The van der Waals surface area contributed by atoms with Crippen LogP contribution in [-0.4, -0.2) is 16.2 Å². The zero-order valence-corrected chi connectivity index (χ0v) is 12.5. The van der Waals surface area contributed by atoms with Gasteiger partial charge in [0.25, 0.3) is 0 Å². The molecule has 0 aliphatic heterocycles. The lowest BCUT2D eigenvalue weighted by Gasteiger charge is -2.11. The summed E-state index contributed by atoms with van der Waals surface area (Å²) in [5.41, 5.74) is 9.54. The lowest BCUT2D eigenvalue weighted by Crippen LogP contribution is -1.98. The predicted molar refractivity (Wildman–Crippen MR) is 89.9 cm³/mol. The molecule has 0 bridgehead atoms. The van der Waals surface area contributed by atoms with Gasteiger partial charge >= 0.3 is 0 Å². The van der Waals surface area contributed by atoms with Crippen molar-refractivity contribution in [3.63, 3.8) is 0 Å². The molecule has 5 heteroatoms. The van der Waals surface area contributed by atoms with E-state index in [1.807, 2.05) is 19.1 Å². The maximum Gasteiger partial charge on any atom is 0.132 e. The zero-order chi connectivity index (χ0) is 16.4. The zero-order valence-electron chi connectivity index (χ0n) is 12.5. The van der Waals surface area contributed by atoms with E-state index < -0.39 is 0 Å². The molecule has 114 valence electrons. The molecule has 0 atom stereocenters. The summed E-state index contributed by atoms with van der Waals surface area (Å²) in [5, 5.41) is 7.40. The highest BCUT2D eigenvalue weighted by atomic mass is 19.1. The number of nitrogens with two attached hydrogens (primary N) is 1. The molecular formula is C18H15FN4. The van der Waals surface area contributed by atoms with Crippen LogP contribution in [0.5, 0.6) is 0 Å². The van der Waals surface area contributed by atoms with Crippen LogP contribution in [-0.2, 0) is 0 Å². The van der Waals surface area contributed by atoms with Gasteiger partial charge in [0.05, 0.1) is 5.69 Å². The Morgan fingerprint density at radius 1 is 1.13 bits per heavy atom. The molecule has 4 nitrogen and oxygen atoms in total. The maximum atomic E-state index is 14.3. The summed E-state index contributed by atoms with van der Waals surface area (Å²) in [7, 11) is 0. The predicted octanol–water partition coefficient (Wildman–Crippen LogP) is 3.84. The average Bonchev–Trinajstić information content (AvgIpc) is 2.55. The molecule has 0 radical (unpaired) electrons. The van der Waals surface area contributed by atoms with E-state index >= 15 is 0 Å². The van der Waals surface area contributed by atoms with Gasteiger partial charge in [-0.2, -0.15) is 0 Å². The standard InChI is InChI=1S/C18H15FN4/c1-11-4-5-15(16(19)7-11)17-14(3-2-6-22-17)13-8-12(9-20)18(21)23-10-13/h2-10,20H,1H3,(H2,21,23). The van der Waals surface area contributed by atoms with Gasteiger partial charge in [-0.25, -0.2) is 9.37 Å². The SMILES string of the molecule is Cc1ccc(-c2ncccc2-c2cnc(N)c(C=N)c2)c(F)c1. The van der Waals surface area contributed by atoms with Crippen molar-refractivity contribution in [3.05, 3.63) is 65.7 Å². The Labute approximate surface area is 133 Å². The van der Waals surface area contributed by atoms with Crippen LogP contribution in [0.1, 0.15) is 11.1 Å². The smallest absolute Gasteiger partial charge is 0.132 e. The molecule has 1 aromatic carbocycles. The van der Waals surface area contributed by atoms with E-state index in [1.54, 1.807) is 30.6 Å². The molecule has 0 saturated carbocycles. The number of hydrogen-bond acceptors (Lipinski definition) is 4. The number of hydrogen-bond donors (Lipinski definition) is 2. The van der Waals surface area contributed by atoms with Crippen molar-refractivity contribution in [3.8, 4) is 22.4 Å². The third-order valence-electron chi connectivity index (χ3n) is 3.60. The van der Waals surface area contributed by atoms with Crippen LogP contribution in [0.2, 0.25) is 0 Å². The maximum absolute atomic E-state index is 14.3. The van der Waals surface area contributed by atoms with E-state index in [4.69, 9.17) is 11.1 Å². The second kappa shape index (κ2) is 5.96. The largest absolute Gasteiger partial charge is 0.383 e. The van der Waals surface area contributed by atoms with Gasteiger partial charge in [-0.1, -0.05) is 12.1 Å². The van der Waals surface area contributed by atoms with Crippen LogP contribution >= 0.6 is 0 Å². The molecule has 0 unspecified atom stereocenters. The molecule has 3 N–H and O–H groups in total. The summed E-state index contributed by atoms with van der Waals surface area (Å²) in [4.78, 5) is 8.44. The summed E-state index contributed by atoms with van der Waals surface area (Å²) in [6.07, 6.45) is 4.38. The highest BCUT2D eigenvalue weighted by Gasteiger charge is 2.13. The van der Waals surface area contributed by atoms with Gasteiger partial charge in [-0.05, 0) is 36.8 Å². The lowest BCUT2D eigenvalue weighted by molar-refractivity contribution is 0.629. The summed E-state index contributed by atoms with van der Waals surface area (Å²) in [5.74, 6) is -0.0312. The Balaban J connectivity index is 2.20. The third-order valence-corrected chi connectivity index (χ3v) is 3.60. The average molecular weight is 306 g/mol. The highest BCUT2D eigenvalue weighted by molar-refractivity contribution is 5.88. The summed E-state index contributed by atoms with van der Waals surface area (Å²) >= 11 is 0. The van der Waals surface area contributed by atoms with Crippen LogP contribution < -0.4 is 5.73 Å². The number of aryl methyl sites for hydroxylation is 1. The van der Waals surface area contributed by atoms with Gasteiger partial charge in [0, 0.05) is 40.9 Å². The molecule has 2 aromatic heterocycles. The number of pyridine rings is 2. The summed E-state index contributed by atoms with van der Waals surface area (Å²) < 4.78 is 14.3. The Kier molecular flexibility index (Phi) is 3.85. The van der Waals surface area contributed by atoms with E-state index in [9.17, 15) is 4.39 Å². The van der Waals surface area contributed by atoms with Gasteiger partial charge in [0.2, 0.25) is 0 Å². The number of anilines is 1. The monoisotopic (exact) mass is 306 g/mol. The van der Waals surface area contributed by atoms with Crippen molar-refractivity contribution >= 4 is 12.0 Å². The molecule has 23 heavy (non-hydrogen) atoms. The first-order valence-corrected chi connectivity index (χ1v) is 7.08. The van der Waals surface area contributed by atoms with Gasteiger partial charge in [-0.15, -0.1) is 0 Å². The van der Waals surface area contributed by atoms with E-state index in [0.717, 1.165) is 22.9 Å². The molecule has 0 saturated heterocycles. The van der Waals surface area contributed by atoms with Crippen LogP contribution in [0.3, 0.4) is 0 Å². The van der Waals surface area contributed by atoms with Crippen molar-refractivity contribution in [2.75, 3.05) is 5.73 Å². The normalized spacial score (nSPS) is 10.5. The van der Waals surface area contributed by atoms with Crippen LogP contribution in [0.15, 0.2) is 48.8 Å². The number of nitrogens with one attached hydrogen (secondary N) is 1. The number of benzene rings is 1. The number of aromatic nitrogens is 2. The van der Waals surface area contributed by atoms with Crippen molar-refractivity contribution in [1.29, 1.82) is 5.41 Å². The van der Waals surface area contributed by atoms with Crippen LogP contribution in [0.25, 0.3) is 22.4 Å². The molecule has 2 heterocycles. The fourth-order valence-electron chi connectivity index (χ4n) is 2.42. The molecule has 0 amide bonds. The van der Waals surface area contributed by atoms with Crippen molar-refractivity contribution in [2.24, 2.45) is 0 Å². The molecular weight excluding hydrogens is 291 g/mol. The van der Waals surface area contributed by atoms with Crippen LogP contribution in [0, 0.1) is 18.2 Å². The fraction of sp³-hybridized carbons (Fsp3) is 0.0556. The molecule has 0 aliphatic rings. The molecule has 0 aliphatic carbocycles. The van der Waals surface area contributed by atoms with Gasteiger partial charge in [0.15, 0.2) is 0 Å². The third kappa shape index (κ3) is 2.81. The van der Waals surface area contributed by atoms with Gasteiger partial charge in [-0.3, -0.25) is 4.98 Å². The Morgan fingerprint density at radius 3 is 2.70 bits per heavy atom. The Morgan fingerprint density at radius 2 is 1.96 bits per heavy atom. The lowest BCUT2D eigenvalue weighted by atomic mass is 9.98. The first-order valence-electron chi connectivity index (χ1n) is 7.08. The number of rotatable bonds is 3. The molecule has 0 fully saturated rings. The van der Waals surface area contributed by atoms with Crippen molar-refractivity contribution in [2.45, 2.75) is 6.92 Å². The molecule has 0 spiro atoms. The van der Waals surface area contributed by atoms with Crippen molar-refractivity contribution < 1.29 is 4.39 Å². The minimum Gasteiger partial charge on any atom is -0.383 e. The van der Waals surface area contributed by atoms with Gasteiger partial charge < -0.3 is 11.1 Å². The summed E-state index contributed by atoms with van der Waals surface area (Å²) in [6, 6.07) is 10.4. The van der Waals surface area contributed by atoms with Gasteiger partial charge in [0.1, 0.15) is 11.6 Å². The second-order valence-electron chi connectivity index (χ2n) is 5.23. The highest BCUT2D eigenvalue weighted by Crippen LogP contribution is 2.32. The van der Waals surface area contributed by atoms with E-state index in [2.05, 4.69) is 9.97 Å². The molecule has 3 rings (SSSR count). The Hall–Kier alpha value is -3.08. The second-order valence-corrected chi connectivity index (χ2v) is 5.23. The van der Waals surface area contributed by atoms with Crippen molar-refractivity contribution in [1.82, 2.24) is 9.97 Å². The van der Waals surface area contributed by atoms with E-state index in [1.165, 1.54) is 6.07 Å². The number of nitrogens with zero attached hydrogens (tertiary/aromatic N) is 2. The van der Waals surface area contributed by atoms with E-state index in [0.29, 0.717) is 16.8 Å². The minimum absolute atomic E-state index is 0.288. The van der Waals surface area contributed by atoms with E-state index in [-0.39, 0.29) is 11.6 Å². The topological polar surface area (TPSA) is 75.7 Å². The quantitative estimate of drug-likeness (QED) is 0.722. The summed E-state index contributed by atoms with van der Waals surface area (Å²) in [6.45, 7) is 1.84.